The maximum Gasteiger partial charge on any atom is 0.410 e. The van der Waals surface area contributed by atoms with E-state index in [0.717, 1.165) is 32.1 Å². The molecule has 0 radical (unpaired) electrons. The van der Waals surface area contributed by atoms with Crippen LogP contribution in [0.4, 0.5) is 13.6 Å². The number of fused-ring (bicyclic) bond motifs is 3. The van der Waals surface area contributed by atoms with Crippen LogP contribution in [-0.2, 0) is 26.4 Å². The second-order valence-electron chi connectivity index (χ2n) is 12.0. The highest BCUT2D eigenvalue weighted by Crippen LogP contribution is 2.41. The number of amides is 1. The average molecular weight is 531 g/mol. The van der Waals surface area contributed by atoms with E-state index in [-0.39, 0.29) is 23.8 Å². The molecule has 2 atom stereocenters. The van der Waals surface area contributed by atoms with Gasteiger partial charge in [0, 0.05) is 18.4 Å². The molecule has 1 aromatic carbocycles. The van der Waals surface area contributed by atoms with Gasteiger partial charge in [0.05, 0.1) is 11.6 Å². The van der Waals surface area contributed by atoms with Crippen LogP contribution in [0.3, 0.4) is 0 Å². The molecule has 0 N–H and O–H groups in total. The summed E-state index contributed by atoms with van der Waals surface area (Å²) < 4.78 is 39.6. The first-order valence-electron chi connectivity index (χ1n) is 13.6. The van der Waals surface area contributed by atoms with E-state index in [4.69, 9.17) is 9.47 Å². The molecule has 206 valence electrons. The summed E-state index contributed by atoms with van der Waals surface area (Å²) in [6.45, 7) is 3.58. The topological polar surface area (TPSA) is 77.8 Å². The zero-order chi connectivity index (χ0) is 27.2. The van der Waals surface area contributed by atoms with E-state index in [0.29, 0.717) is 28.9 Å². The molecule has 2 fully saturated rings. The number of likely N-dealkylation sites (tertiary alicyclic amines) is 1. The lowest BCUT2D eigenvalue weighted by molar-refractivity contribution is -0.124. The maximum absolute atomic E-state index is 13.8. The van der Waals surface area contributed by atoms with Gasteiger partial charge in [-0.2, -0.15) is 0 Å². The normalized spacial score (nSPS) is 23.5. The molecule has 1 aromatic heterocycles. The standard InChI is InChI=1S/C29H36F2N2O5/c1-28(2,3)38-27(36)32-12-11-21(19-7-5-4-6-8-19)25(32)24(34)14-18-9-10-22-20(13-18)15-23-26(35)37-29(16-30,17-31)33(22)23/h9-10,13,15,19,21,25H,4-8,11-12,14,16-17H2,1-3H3/t21-,25-/m0/s1. The molecule has 38 heavy (non-hydrogen) atoms. The predicted molar refractivity (Wildman–Crippen MR) is 137 cm³/mol. The van der Waals surface area contributed by atoms with E-state index in [9.17, 15) is 23.2 Å². The Balaban J connectivity index is 1.42. The highest BCUT2D eigenvalue weighted by atomic mass is 19.1. The highest BCUT2D eigenvalue weighted by molar-refractivity contribution is 5.98. The van der Waals surface area contributed by atoms with Crippen molar-refractivity contribution in [1.29, 1.82) is 0 Å². The number of rotatable bonds is 6. The fourth-order valence-electron chi connectivity index (χ4n) is 6.56. The van der Waals surface area contributed by atoms with E-state index in [1.54, 1.807) is 29.2 Å². The third-order valence-corrected chi connectivity index (χ3v) is 8.22. The molecule has 2 aromatic rings. The second-order valence-corrected chi connectivity index (χ2v) is 12.0. The highest BCUT2D eigenvalue weighted by Gasteiger charge is 2.48. The molecule has 3 aliphatic rings. The molecule has 3 heterocycles. The summed E-state index contributed by atoms with van der Waals surface area (Å²) in [5.74, 6) is -0.316. The Bertz CT molecular complexity index is 1240. The molecule has 9 heteroatoms. The molecule has 2 aliphatic heterocycles. The number of esters is 1. The van der Waals surface area contributed by atoms with E-state index in [1.165, 1.54) is 11.0 Å². The summed E-state index contributed by atoms with van der Waals surface area (Å²) in [4.78, 5) is 40.9. The van der Waals surface area contributed by atoms with Crippen LogP contribution in [-0.4, -0.2) is 58.8 Å². The summed E-state index contributed by atoms with van der Waals surface area (Å²) in [5, 5.41) is 0.604. The van der Waals surface area contributed by atoms with E-state index in [1.807, 2.05) is 20.8 Å². The molecular formula is C29H36F2N2O5. The largest absolute Gasteiger partial charge is 0.444 e. The zero-order valence-electron chi connectivity index (χ0n) is 22.3. The van der Waals surface area contributed by atoms with Crippen LogP contribution < -0.4 is 0 Å². The quantitative estimate of drug-likeness (QED) is 0.447. The number of carbonyl (C=O) groups excluding carboxylic acids is 3. The van der Waals surface area contributed by atoms with Gasteiger partial charge < -0.3 is 9.47 Å². The minimum atomic E-state index is -1.99. The molecule has 0 unspecified atom stereocenters. The van der Waals surface area contributed by atoms with Crippen LogP contribution in [0.1, 0.15) is 75.3 Å². The van der Waals surface area contributed by atoms with Crippen molar-refractivity contribution < 1.29 is 32.6 Å². The lowest BCUT2D eigenvalue weighted by Crippen LogP contribution is -2.47. The number of Topliss-reactive ketones (excluding diaryl/α,β-unsaturated/α-hetero) is 1. The molecule has 5 rings (SSSR count). The number of hydrogen-bond donors (Lipinski definition) is 0. The van der Waals surface area contributed by atoms with Gasteiger partial charge in [-0.1, -0.05) is 38.2 Å². The Morgan fingerprint density at radius 3 is 2.45 bits per heavy atom. The van der Waals surface area contributed by atoms with Gasteiger partial charge in [0.2, 0.25) is 5.72 Å². The zero-order valence-corrected chi connectivity index (χ0v) is 22.3. The van der Waals surface area contributed by atoms with Gasteiger partial charge in [-0.3, -0.25) is 14.3 Å². The van der Waals surface area contributed by atoms with Gasteiger partial charge in [-0.25, -0.2) is 18.4 Å². The molecular weight excluding hydrogens is 494 g/mol. The number of cyclic esters (lactones) is 1. The van der Waals surface area contributed by atoms with E-state index >= 15 is 0 Å². The fourth-order valence-corrected chi connectivity index (χ4v) is 6.56. The number of nitrogens with zero attached hydrogens (tertiary/aromatic N) is 2. The third-order valence-electron chi connectivity index (χ3n) is 8.22. The number of ether oxygens (including phenoxy) is 2. The van der Waals surface area contributed by atoms with Gasteiger partial charge in [-0.15, -0.1) is 0 Å². The van der Waals surface area contributed by atoms with Crippen molar-refractivity contribution in [3.8, 4) is 0 Å². The van der Waals surface area contributed by atoms with Crippen molar-refractivity contribution in [3.63, 3.8) is 0 Å². The molecule has 1 saturated heterocycles. The van der Waals surface area contributed by atoms with Gasteiger partial charge in [0.25, 0.3) is 0 Å². The Kier molecular flexibility index (Phi) is 6.99. The molecule has 1 amide bonds. The van der Waals surface area contributed by atoms with Crippen molar-refractivity contribution in [1.82, 2.24) is 9.47 Å². The van der Waals surface area contributed by atoms with E-state index < -0.39 is 42.8 Å². The summed E-state index contributed by atoms with van der Waals surface area (Å²) in [6, 6.07) is 6.17. The second kappa shape index (κ2) is 9.97. The van der Waals surface area contributed by atoms with Crippen molar-refractivity contribution >= 4 is 28.7 Å². The monoisotopic (exact) mass is 530 g/mol. The average Bonchev–Trinajstić information content (AvgIpc) is 3.56. The summed E-state index contributed by atoms with van der Waals surface area (Å²) in [7, 11) is 0. The van der Waals surface area contributed by atoms with Crippen molar-refractivity contribution in [3.05, 3.63) is 35.5 Å². The van der Waals surface area contributed by atoms with Crippen molar-refractivity contribution in [2.45, 2.75) is 83.1 Å². The number of hydrogen-bond acceptors (Lipinski definition) is 5. The van der Waals surface area contributed by atoms with Gasteiger partial charge in [-0.05, 0) is 62.8 Å². The number of halogens is 2. The minimum Gasteiger partial charge on any atom is -0.444 e. The number of aromatic nitrogens is 1. The third kappa shape index (κ3) is 4.69. The predicted octanol–water partition coefficient (Wildman–Crippen LogP) is 5.72. The van der Waals surface area contributed by atoms with Crippen LogP contribution in [0.15, 0.2) is 24.3 Å². The van der Waals surface area contributed by atoms with Crippen molar-refractivity contribution in [2.24, 2.45) is 11.8 Å². The summed E-state index contributed by atoms with van der Waals surface area (Å²) in [6.07, 6.45) is 6.06. The molecule has 7 nitrogen and oxygen atoms in total. The SMILES string of the molecule is CC(C)(C)OC(=O)N1CC[C@@H](C2CCCCC2)[C@H]1C(=O)Cc1ccc2c(c1)cc1n2C(CF)(CF)OC1=O. The first kappa shape index (κ1) is 26.6. The van der Waals surface area contributed by atoms with Crippen LogP contribution in [0.25, 0.3) is 10.9 Å². The summed E-state index contributed by atoms with van der Waals surface area (Å²) >= 11 is 0. The molecule has 1 saturated carbocycles. The Hall–Kier alpha value is -2.97. The first-order chi connectivity index (χ1) is 18.1. The van der Waals surface area contributed by atoms with Crippen LogP contribution in [0, 0.1) is 11.8 Å². The number of alkyl halides is 2. The maximum atomic E-state index is 13.8. The fraction of sp³-hybridized carbons (Fsp3) is 0.621. The molecule has 0 spiro atoms. The number of ketones is 1. The Morgan fingerprint density at radius 2 is 1.79 bits per heavy atom. The smallest absolute Gasteiger partial charge is 0.410 e. The lowest BCUT2D eigenvalue weighted by Gasteiger charge is -2.34. The number of benzene rings is 1. The Labute approximate surface area is 221 Å². The number of carbonyl (C=O) groups is 3. The van der Waals surface area contributed by atoms with Crippen LogP contribution in [0.2, 0.25) is 0 Å². The Morgan fingerprint density at radius 1 is 1.08 bits per heavy atom. The van der Waals surface area contributed by atoms with Gasteiger partial charge in [0.15, 0.2) is 19.1 Å². The van der Waals surface area contributed by atoms with Crippen LogP contribution >= 0.6 is 0 Å². The van der Waals surface area contributed by atoms with Gasteiger partial charge >= 0.3 is 12.1 Å². The molecule has 1 aliphatic carbocycles. The minimum absolute atomic E-state index is 0.0451. The first-order valence-corrected chi connectivity index (χ1v) is 13.6. The van der Waals surface area contributed by atoms with Crippen LogP contribution in [0.5, 0.6) is 0 Å². The van der Waals surface area contributed by atoms with E-state index in [2.05, 4.69) is 0 Å². The lowest BCUT2D eigenvalue weighted by atomic mass is 9.75. The van der Waals surface area contributed by atoms with Crippen molar-refractivity contribution in [2.75, 3.05) is 19.9 Å². The van der Waals surface area contributed by atoms with Gasteiger partial charge in [0.1, 0.15) is 11.3 Å². The molecule has 0 bridgehead atoms. The summed E-state index contributed by atoms with van der Waals surface area (Å²) in [5.41, 5.74) is -1.39.